The van der Waals surface area contributed by atoms with Gasteiger partial charge in [0.1, 0.15) is 22.7 Å². The van der Waals surface area contributed by atoms with Crippen LogP contribution in [0.25, 0.3) is 0 Å². The number of ether oxygens (including phenoxy) is 1. The summed E-state index contributed by atoms with van der Waals surface area (Å²) >= 11 is 6.26. The van der Waals surface area contributed by atoms with Gasteiger partial charge >= 0.3 is 6.18 Å². The number of hydrogen-bond donors (Lipinski definition) is 2. The maximum absolute atomic E-state index is 14.0. The van der Waals surface area contributed by atoms with Gasteiger partial charge in [0.15, 0.2) is 5.69 Å². The first-order valence-corrected chi connectivity index (χ1v) is 14.9. The molecule has 3 aliphatic heterocycles. The molecule has 1 saturated heterocycles. The van der Waals surface area contributed by atoms with Crippen molar-refractivity contribution in [3.05, 3.63) is 46.0 Å². The van der Waals surface area contributed by atoms with Crippen LogP contribution < -0.4 is 9.46 Å². The molecule has 4 aliphatic rings. The second kappa shape index (κ2) is 9.17. The summed E-state index contributed by atoms with van der Waals surface area (Å²) in [7, 11) is -3.64. The third-order valence-corrected chi connectivity index (χ3v) is 10.7. The van der Waals surface area contributed by atoms with Crippen molar-refractivity contribution < 1.29 is 36.0 Å². The van der Waals surface area contributed by atoms with E-state index in [2.05, 4.69) is 9.71 Å². The molecule has 0 aromatic heterocycles. The van der Waals surface area contributed by atoms with E-state index >= 15 is 0 Å². The average molecular weight is 598 g/mol. The Hall–Kier alpha value is -2.67. The standard InChI is InChI=1S/C27H29ClF3N4O4S/c1-16-9-17(28)10-20-23(16)33-40(37,38)26(20)3-5-34(6-4-26)7-8-39-19-11-21(27(29,30)31)24-22(12-19)32-15-35(24)18-13-25(2,36)14-18/h9-12,15,33,36H,3-8,13-14H2,1-2H3/q+1. The summed E-state index contributed by atoms with van der Waals surface area (Å²) in [6.07, 6.45) is -1.98. The molecule has 2 aromatic rings. The number of nitrogens with one attached hydrogen (secondary N) is 1. The Balaban J connectivity index is 1.14. The minimum absolute atomic E-state index is 0.0475. The van der Waals surface area contributed by atoms with E-state index in [4.69, 9.17) is 16.3 Å². The average Bonchev–Trinajstić information content (AvgIpc) is 3.35. The molecule has 0 amide bonds. The van der Waals surface area contributed by atoms with Crippen molar-refractivity contribution in [3.63, 3.8) is 0 Å². The zero-order chi connectivity index (χ0) is 28.7. The van der Waals surface area contributed by atoms with Gasteiger partial charge in [-0.1, -0.05) is 11.6 Å². The molecule has 40 heavy (non-hydrogen) atoms. The van der Waals surface area contributed by atoms with Crippen molar-refractivity contribution >= 4 is 50.7 Å². The summed E-state index contributed by atoms with van der Waals surface area (Å²) in [5.74, 6) is 0.0609. The predicted molar refractivity (Wildman–Crippen MR) is 146 cm³/mol. The number of aliphatic hydroxyl groups is 1. The molecule has 13 heteroatoms. The number of anilines is 1. The molecule has 0 unspecified atom stereocenters. The molecule has 6 rings (SSSR count). The number of piperidine rings is 1. The first kappa shape index (κ1) is 27.5. The molecule has 0 radical (unpaired) electrons. The van der Waals surface area contributed by atoms with Crippen LogP contribution >= 0.6 is 11.6 Å². The van der Waals surface area contributed by atoms with Crippen molar-refractivity contribution in [3.8, 4) is 5.75 Å². The summed E-state index contributed by atoms with van der Waals surface area (Å²) in [6.45, 7) is 4.98. The van der Waals surface area contributed by atoms with Crippen molar-refractivity contribution in [2.75, 3.05) is 31.0 Å². The Morgan fingerprint density at radius 1 is 1.20 bits per heavy atom. The van der Waals surface area contributed by atoms with Crippen LogP contribution in [0.4, 0.5) is 30.2 Å². The molecular weight excluding hydrogens is 569 g/mol. The van der Waals surface area contributed by atoms with E-state index in [1.807, 2.05) is 11.8 Å². The molecule has 1 saturated carbocycles. The van der Waals surface area contributed by atoms with Gasteiger partial charge < -0.3 is 9.84 Å². The zero-order valence-electron chi connectivity index (χ0n) is 22.0. The summed E-state index contributed by atoms with van der Waals surface area (Å²) in [5, 5.41) is 10.5. The number of alkyl halides is 3. The Morgan fingerprint density at radius 2 is 1.90 bits per heavy atom. The molecule has 0 bridgehead atoms. The van der Waals surface area contributed by atoms with Crippen molar-refractivity contribution in [1.29, 1.82) is 0 Å². The highest BCUT2D eigenvalue weighted by Gasteiger charge is 2.53. The number of benzene rings is 2. The number of hydrogen-bond acceptors (Lipinski definition) is 6. The van der Waals surface area contributed by atoms with Crippen LogP contribution in [0.5, 0.6) is 5.75 Å². The SMILES string of the molecule is Cc1cc(Cl)cc2c1NS(=O)(=O)C21CCN(CCOc2cc3c(c(C(F)(F)F)c2)[N+](=C2CC(C)(O)C2)C=N3)CC1. The smallest absolute Gasteiger partial charge is 0.420 e. The number of likely N-dealkylation sites (tertiary alicyclic amines) is 1. The van der Waals surface area contributed by atoms with Crippen molar-refractivity contribution in [2.24, 2.45) is 4.99 Å². The number of fused-ring (bicyclic) bond motifs is 3. The predicted octanol–water partition coefficient (Wildman–Crippen LogP) is 5.10. The second-order valence-corrected chi connectivity index (χ2v) is 13.7. The zero-order valence-corrected chi connectivity index (χ0v) is 23.5. The first-order valence-electron chi connectivity index (χ1n) is 13.0. The van der Waals surface area contributed by atoms with Crippen LogP contribution in [0.2, 0.25) is 5.02 Å². The van der Waals surface area contributed by atoms with Crippen LogP contribution in [-0.2, 0) is 20.9 Å². The largest absolute Gasteiger partial charge is 0.492 e. The number of aliphatic imine (C=N–C) groups is 1. The van der Waals surface area contributed by atoms with Gasteiger partial charge in [0.05, 0.1) is 17.0 Å². The number of halogens is 4. The van der Waals surface area contributed by atoms with Crippen LogP contribution in [0, 0.1) is 6.92 Å². The van der Waals surface area contributed by atoms with Gasteiger partial charge in [-0.15, -0.1) is 0 Å². The quantitative estimate of drug-likeness (QED) is 0.479. The van der Waals surface area contributed by atoms with E-state index in [1.165, 1.54) is 17.0 Å². The number of nitrogens with zero attached hydrogens (tertiary/aromatic N) is 3. The molecule has 2 fully saturated rings. The lowest BCUT2D eigenvalue weighted by molar-refractivity contribution is -0.306. The third-order valence-electron chi connectivity index (χ3n) is 8.31. The molecule has 2 N–H and O–H groups in total. The molecule has 3 heterocycles. The lowest BCUT2D eigenvalue weighted by Crippen LogP contribution is -2.47. The van der Waals surface area contributed by atoms with Crippen molar-refractivity contribution in [1.82, 2.24) is 4.90 Å². The van der Waals surface area contributed by atoms with E-state index in [0.717, 1.165) is 11.6 Å². The normalized spacial score (nSPS) is 24.6. The monoisotopic (exact) mass is 597 g/mol. The van der Waals surface area contributed by atoms with E-state index in [0.29, 0.717) is 54.5 Å². The Kier molecular flexibility index (Phi) is 6.30. The lowest BCUT2D eigenvalue weighted by Gasteiger charge is -2.38. The van der Waals surface area contributed by atoms with Gasteiger partial charge in [-0.25, -0.2) is 8.42 Å². The van der Waals surface area contributed by atoms with Crippen LogP contribution in [0.15, 0.2) is 29.3 Å². The molecule has 0 atom stereocenters. The van der Waals surface area contributed by atoms with E-state index in [-0.39, 0.29) is 36.6 Å². The van der Waals surface area contributed by atoms with Crippen LogP contribution in [0.1, 0.15) is 49.3 Å². The van der Waals surface area contributed by atoms with E-state index < -0.39 is 32.1 Å². The molecule has 1 aliphatic carbocycles. The number of sulfonamides is 1. The van der Waals surface area contributed by atoms with Crippen LogP contribution in [-0.4, -0.2) is 66.9 Å². The Bertz CT molecular complexity index is 1570. The minimum atomic E-state index is -4.62. The van der Waals surface area contributed by atoms with Gasteiger partial charge in [-0.2, -0.15) is 17.7 Å². The molecule has 8 nitrogen and oxygen atoms in total. The summed E-state index contributed by atoms with van der Waals surface area (Å²) in [5.41, 5.74) is 1.10. The highest BCUT2D eigenvalue weighted by atomic mass is 35.5. The lowest BCUT2D eigenvalue weighted by atomic mass is 9.79. The number of aryl methyl sites for hydroxylation is 1. The molecular formula is C27H29ClF3N4O4S+. The second-order valence-electron chi connectivity index (χ2n) is 11.3. The van der Waals surface area contributed by atoms with Crippen molar-refractivity contribution in [2.45, 2.75) is 56.1 Å². The molecule has 1 spiro atoms. The Labute approximate surface area is 235 Å². The molecule has 214 valence electrons. The fourth-order valence-electron chi connectivity index (χ4n) is 6.24. The highest BCUT2D eigenvalue weighted by Crippen LogP contribution is 2.51. The van der Waals surface area contributed by atoms with Gasteiger partial charge in [-0.05, 0) is 55.4 Å². The highest BCUT2D eigenvalue weighted by molar-refractivity contribution is 7.94. The summed E-state index contributed by atoms with van der Waals surface area (Å²) in [6, 6.07) is 5.94. The first-order chi connectivity index (χ1) is 18.7. The van der Waals surface area contributed by atoms with Gasteiger partial charge in [-0.3, -0.25) is 9.62 Å². The van der Waals surface area contributed by atoms with Crippen LogP contribution in [0.3, 0.4) is 0 Å². The maximum Gasteiger partial charge on any atom is 0.420 e. The summed E-state index contributed by atoms with van der Waals surface area (Å²) in [4.78, 5) is 6.23. The fraction of sp³-hybridized carbons (Fsp3) is 0.481. The maximum atomic E-state index is 14.0. The van der Waals surface area contributed by atoms with Gasteiger partial charge in [0.25, 0.3) is 6.34 Å². The van der Waals surface area contributed by atoms with Gasteiger partial charge in [0, 0.05) is 49.1 Å². The third kappa shape index (κ3) is 4.49. The fourth-order valence-corrected chi connectivity index (χ4v) is 8.42. The topological polar surface area (TPSA) is 94.2 Å². The molecule has 2 aromatic carbocycles. The number of rotatable bonds is 4. The summed E-state index contributed by atoms with van der Waals surface area (Å²) < 4.78 is 77.3. The van der Waals surface area contributed by atoms with E-state index in [9.17, 15) is 26.7 Å². The Morgan fingerprint density at radius 3 is 2.55 bits per heavy atom. The van der Waals surface area contributed by atoms with Gasteiger partial charge in [0.2, 0.25) is 15.7 Å². The van der Waals surface area contributed by atoms with E-state index in [1.54, 1.807) is 19.1 Å². The minimum Gasteiger partial charge on any atom is -0.492 e.